The predicted molar refractivity (Wildman–Crippen MR) is 96.5 cm³/mol. The molecule has 3 heteroatoms. The minimum absolute atomic E-state index is 0.361. The lowest BCUT2D eigenvalue weighted by Crippen LogP contribution is -2.31. The Labute approximate surface area is 143 Å². The Balaban J connectivity index is 0.000000231. The van der Waals surface area contributed by atoms with E-state index < -0.39 is 0 Å². The molecule has 0 aliphatic heterocycles. The molecule has 23 heavy (non-hydrogen) atoms. The van der Waals surface area contributed by atoms with Gasteiger partial charge in [-0.15, -0.1) is 0 Å². The third-order valence-corrected chi connectivity index (χ3v) is 5.83. The van der Waals surface area contributed by atoms with Gasteiger partial charge >= 0.3 is 0 Å². The van der Waals surface area contributed by atoms with Crippen LogP contribution in [0.25, 0.3) is 0 Å². The van der Waals surface area contributed by atoms with Gasteiger partial charge in [0, 0.05) is 17.9 Å². The summed E-state index contributed by atoms with van der Waals surface area (Å²) in [4.78, 5) is 22.0. The first-order valence-electron chi connectivity index (χ1n) is 9.66. The first kappa shape index (κ1) is 20.3. The molecule has 0 aromatic carbocycles. The van der Waals surface area contributed by atoms with Gasteiger partial charge in [-0.05, 0) is 78.2 Å². The van der Waals surface area contributed by atoms with E-state index in [1.807, 2.05) is 7.05 Å². The Bertz CT molecular complexity index is 351. The van der Waals surface area contributed by atoms with Crippen molar-refractivity contribution in [3.05, 3.63) is 0 Å². The molecule has 2 rings (SSSR count). The van der Waals surface area contributed by atoms with Crippen LogP contribution in [0.5, 0.6) is 0 Å². The molecule has 2 saturated carbocycles. The number of ketones is 2. The summed E-state index contributed by atoms with van der Waals surface area (Å²) in [6.45, 7) is 5.70. The Morgan fingerprint density at radius 1 is 0.826 bits per heavy atom. The fraction of sp³-hybridized carbons (Fsp3) is 0.900. The van der Waals surface area contributed by atoms with E-state index >= 15 is 0 Å². The fourth-order valence-corrected chi connectivity index (χ4v) is 4.05. The molecule has 0 atom stereocenters. The SMILES string of the molecule is CCCC1CCC(C(C)=O)CC1.CNC1CCC(C(C)=O)CC1. The summed E-state index contributed by atoms with van der Waals surface area (Å²) in [7, 11) is 2.00. The van der Waals surface area contributed by atoms with Crippen molar-refractivity contribution in [3.63, 3.8) is 0 Å². The molecule has 0 heterocycles. The van der Waals surface area contributed by atoms with E-state index in [4.69, 9.17) is 0 Å². The number of carbonyl (C=O) groups is 2. The highest BCUT2D eigenvalue weighted by Gasteiger charge is 2.23. The van der Waals surface area contributed by atoms with Gasteiger partial charge in [0.2, 0.25) is 0 Å². The minimum atomic E-state index is 0.361. The third-order valence-electron chi connectivity index (χ3n) is 5.83. The standard InChI is InChI=1S/C11H20O.C9H17NO/c1-3-4-10-5-7-11(8-6-10)9(2)12;1-7(11)8-3-5-9(10-2)6-4-8/h10-11H,3-8H2,1-2H3;8-10H,3-6H2,1-2H3. The van der Waals surface area contributed by atoms with Crippen molar-refractivity contribution >= 4 is 11.6 Å². The van der Waals surface area contributed by atoms with Crippen LogP contribution in [0.15, 0.2) is 0 Å². The second-order valence-electron chi connectivity index (χ2n) is 7.56. The van der Waals surface area contributed by atoms with Gasteiger partial charge in [0.1, 0.15) is 11.6 Å². The topological polar surface area (TPSA) is 46.2 Å². The molecule has 0 amide bonds. The van der Waals surface area contributed by atoms with Gasteiger partial charge < -0.3 is 5.32 Å². The average molecular weight is 324 g/mol. The Morgan fingerprint density at radius 2 is 1.26 bits per heavy atom. The normalized spacial score (nSPS) is 31.0. The smallest absolute Gasteiger partial charge is 0.132 e. The van der Waals surface area contributed by atoms with Gasteiger partial charge in [-0.1, -0.05) is 19.8 Å². The van der Waals surface area contributed by atoms with E-state index in [-0.39, 0.29) is 0 Å². The summed E-state index contributed by atoms with van der Waals surface area (Å²) in [6, 6.07) is 0.658. The highest BCUT2D eigenvalue weighted by Crippen LogP contribution is 2.31. The zero-order valence-corrected chi connectivity index (χ0v) is 15.7. The Kier molecular flexibility index (Phi) is 9.69. The molecule has 2 aliphatic rings. The van der Waals surface area contributed by atoms with Crippen LogP contribution in [0.2, 0.25) is 0 Å². The van der Waals surface area contributed by atoms with Crippen molar-refractivity contribution in [1.82, 2.24) is 5.32 Å². The molecular formula is C20H37NO2. The predicted octanol–water partition coefficient (Wildman–Crippen LogP) is 4.54. The molecule has 0 unspecified atom stereocenters. The molecule has 0 aromatic heterocycles. The van der Waals surface area contributed by atoms with Crippen LogP contribution in [-0.2, 0) is 9.59 Å². The van der Waals surface area contributed by atoms with E-state index in [0.29, 0.717) is 29.4 Å². The summed E-state index contributed by atoms with van der Waals surface area (Å²) < 4.78 is 0. The monoisotopic (exact) mass is 323 g/mol. The largest absolute Gasteiger partial charge is 0.317 e. The average Bonchev–Trinajstić information content (AvgIpc) is 2.56. The van der Waals surface area contributed by atoms with Gasteiger partial charge in [-0.25, -0.2) is 0 Å². The maximum Gasteiger partial charge on any atom is 0.132 e. The molecular weight excluding hydrogens is 286 g/mol. The number of hydrogen-bond donors (Lipinski definition) is 1. The molecule has 1 N–H and O–H groups in total. The van der Waals surface area contributed by atoms with Gasteiger partial charge in [0.15, 0.2) is 0 Å². The van der Waals surface area contributed by atoms with Crippen molar-refractivity contribution in [1.29, 1.82) is 0 Å². The van der Waals surface area contributed by atoms with Gasteiger partial charge in [-0.3, -0.25) is 9.59 Å². The van der Waals surface area contributed by atoms with Crippen LogP contribution < -0.4 is 5.32 Å². The van der Waals surface area contributed by atoms with Crippen LogP contribution in [0.1, 0.15) is 85.0 Å². The van der Waals surface area contributed by atoms with Crippen LogP contribution in [-0.4, -0.2) is 24.7 Å². The van der Waals surface area contributed by atoms with E-state index in [2.05, 4.69) is 12.2 Å². The highest BCUT2D eigenvalue weighted by molar-refractivity contribution is 5.78. The molecule has 0 spiro atoms. The van der Waals surface area contributed by atoms with Gasteiger partial charge in [0.25, 0.3) is 0 Å². The lowest BCUT2D eigenvalue weighted by Gasteiger charge is -2.26. The summed E-state index contributed by atoms with van der Waals surface area (Å²) in [5.74, 6) is 2.47. The number of hydrogen-bond acceptors (Lipinski definition) is 3. The third kappa shape index (κ3) is 7.60. The van der Waals surface area contributed by atoms with Crippen LogP contribution in [0, 0.1) is 17.8 Å². The van der Waals surface area contributed by atoms with Crippen molar-refractivity contribution < 1.29 is 9.59 Å². The molecule has 0 radical (unpaired) electrons. The Hall–Kier alpha value is -0.700. The number of nitrogens with one attached hydrogen (secondary N) is 1. The maximum atomic E-state index is 11.1. The molecule has 134 valence electrons. The summed E-state index contributed by atoms with van der Waals surface area (Å²) >= 11 is 0. The number of carbonyl (C=O) groups excluding carboxylic acids is 2. The first-order valence-corrected chi connectivity index (χ1v) is 9.66. The zero-order valence-electron chi connectivity index (χ0n) is 15.7. The lowest BCUT2D eigenvalue weighted by atomic mass is 9.79. The quantitative estimate of drug-likeness (QED) is 0.808. The fourth-order valence-electron chi connectivity index (χ4n) is 4.05. The van der Waals surface area contributed by atoms with E-state index in [9.17, 15) is 9.59 Å². The second-order valence-corrected chi connectivity index (χ2v) is 7.56. The Morgan fingerprint density at radius 3 is 1.61 bits per heavy atom. The highest BCUT2D eigenvalue weighted by atomic mass is 16.1. The van der Waals surface area contributed by atoms with Crippen LogP contribution >= 0.6 is 0 Å². The molecule has 0 bridgehead atoms. The molecule has 3 nitrogen and oxygen atoms in total. The van der Waals surface area contributed by atoms with E-state index in [1.165, 1.54) is 38.5 Å². The first-order chi connectivity index (χ1) is 11.0. The van der Waals surface area contributed by atoms with E-state index in [0.717, 1.165) is 31.6 Å². The minimum Gasteiger partial charge on any atom is -0.317 e. The summed E-state index contributed by atoms with van der Waals surface area (Å²) in [5.41, 5.74) is 0. The summed E-state index contributed by atoms with van der Waals surface area (Å²) in [6.07, 6.45) is 12.1. The van der Waals surface area contributed by atoms with E-state index in [1.54, 1.807) is 13.8 Å². The maximum absolute atomic E-state index is 11.1. The van der Waals surface area contributed by atoms with Crippen LogP contribution in [0.3, 0.4) is 0 Å². The van der Waals surface area contributed by atoms with Crippen molar-refractivity contribution in [2.45, 2.75) is 91.0 Å². The number of Topliss-reactive ketones (excluding diaryl/α,β-unsaturated/α-hetero) is 2. The summed E-state index contributed by atoms with van der Waals surface area (Å²) in [5, 5.41) is 3.25. The van der Waals surface area contributed by atoms with Gasteiger partial charge in [-0.2, -0.15) is 0 Å². The van der Waals surface area contributed by atoms with Crippen LogP contribution in [0.4, 0.5) is 0 Å². The molecule has 2 aliphatic carbocycles. The zero-order chi connectivity index (χ0) is 17.2. The molecule has 0 saturated heterocycles. The van der Waals surface area contributed by atoms with Crippen molar-refractivity contribution in [2.75, 3.05) is 7.05 Å². The second kappa shape index (κ2) is 11.0. The molecule has 0 aromatic rings. The van der Waals surface area contributed by atoms with Crippen molar-refractivity contribution in [3.8, 4) is 0 Å². The molecule has 2 fully saturated rings. The van der Waals surface area contributed by atoms with Crippen molar-refractivity contribution in [2.24, 2.45) is 17.8 Å². The van der Waals surface area contributed by atoms with Gasteiger partial charge in [0.05, 0.1) is 0 Å². The lowest BCUT2D eigenvalue weighted by molar-refractivity contribution is -0.122. The number of rotatable bonds is 5.